The van der Waals surface area contributed by atoms with Crippen LogP contribution in [-0.4, -0.2) is 101 Å². The largest absolute Gasteiger partial charge is 0.446 e. The standard InChI is InChI=1S/C34H46N6O4S.C12H12N2OS.C10H19NO2/c1-39-19-20-40(34(43)44-26-13-9-8-10-14-26)28-21-25(23-36-32(28)39)24-17-18-27-29(22-24)45-33(37-27)38-31(42)16-12-7-5-3-2-4-6-11-15-30(35)41;1-9-12(16-8-14-9)11-4-2-10(3-5-11)6-13-7-15;1-10(2,3)6-9(13)11-5-4-8(12)7-11/h17-18,21-23,26H,2-16,19-20H2,1H3,(H2,35,41)(H,37,38,42);2-5,7-8H,6H2,1H3,(H,13,15);8,12H,4-7H2,1-3H3. The predicted octanol–water partition coefficient (Wildman–Crippen LogP) is 10.8. The number of anilines is 3. The molecule has 2 aromatic carbocycles. The number of amides is 5. The summed E-state index contributed by atoms with van der Waals surface area (Å²) >= 11 is 3.11. The number of carbonyl (C=O) groups is 5. The van der Waals surface area contributed by atoms with Gasteiger partial charge in [-0.3, -0.25) is 24.1 Å². The molecule has 3 aromatic heterocycles. The number of hydrogen-bond acceptors (Lipinski definition) is 13. The molecule has 74 heavy (non-hydrogen) atoms. The highest BCUT2D eigenvalue weighted by Crippen LogP contribution is 2.37. The fourth-order valence-electron chi connectivity index (χ4n) is 9.18. The van der Waals surface area contributed by atoms with E-state index in [2.05, 4.69) is 64.5 Å². The molecule has 1 atom stereocenters. The van der Waals surface area contributed by atoms with Crippen molar-refractivity contribution in [2.45, 2.75) is 156 Å². The van der Waals surface area contributed by atoms with Gasteiger partial charge >= 0.3 is 6.09 Å². The lowest BCUT2D eigenvalue weighted by Crippen LogP contribution is -2.44. The number of aliphatic hydroxyl groups excluding tert-OH is 1. The number of pyridine rings is 1. The van der Waals surface area contributed by atoms with Crippen molar-refractivity contribution >= 4 is 79.8 Å². The summed E-state index contributed by atoms with van der Waals surface area (Å²) in [6.45, 7) is 11.2. The number of benzene rings is 2. The molecular weight excluding hydrogens is 975 g/mol. The lowest BCUT2D eigenvalue weighted by atomic mass is 9.92. The molecule has 8 rings (SSSR count). The van der Waals surface area contributed by atoms with Gasteiger partial charge in [0.1, 0.15) is 6.10 Å². The molecule has 5 aromatic rings. The fourth-order valence-corrected chi connectivity index (χ4v) is 10.9. The number of carbonyl (C=O) groups excluding carboxylic acids is 5. The molecule has 1 saturated heterocycles. The van der Waals surface area contributed by atoms with E-state index >= 15 is 0 Å². The maximum Gasteiger partial charge on any atom is 0.414 e. The number of aromatic nitrogens is 3. The van der Waals surface area contributed by atoms with Crippen LogP contribution in [-0.2, 0) is 30.5 Å². The highest BCUT2D eigenvalue weighted by molar-refractivity contribution is 7.22. The number of aryl methyl sites for hydroxylation is 1. The molecule has 5 N–H and O–H groups in total. The van der Waals surface area contributed by atoms with Gasteiger partial charge in [-0.1, -0.05) is 107 Å². The van der Waals surface area contributed by atoms with E-state index in [1.165, 1.54) is 28.2 Å². The number of nitrogens with zero attached hydrogens (tertiary/aromatic N) is 6. The lowest BCUT2D eigenvalue weighted by molar-refractivity contribution is -0.132. The average molecular weight is 1050 g/mol. The summed E-state index contributed by atoms with van der Waals surface area (Å²) in [7, 11) is 1.99. The molecule has 5 amide bonds. The minimum Gasteiger partial charge on any atom is -0.446 e. The Hall–Kier alpha value is -5.98. The number of nitrogens with one attached hydrogen (secondary N) is 2. The van der Waals surface area contributed by atoms with E-state index in [1.54, 1.807) is 21.1 Å². The monoisotopic (exact) mass is 1050 g/mol. The molecule has 1 unspecified atom stereocenters. The van der Waals surface area contributed by atoms with Gasteiger partial charge in [0.25, 0.3) is 0 Å². The second kappa shape index (κ2) is 28.6. The van der Waals surface area contributed by atoms with Crippen molar-refractivity contribution in [2.24, 2.45) is 11.1 Å². The van der Waals surface area contributed by atoms with Gasteiger partial charge in [-0.25, -0.2) is 19.7 Å². The SMILES string of the molecule is CC(C)(C)CC(=O)N1CCC(O)C1.CN1CCN(C(=O)OC2CCCCC2)c2cc(-c3ccc4nc(NC(=O)CCCCCCCCCCC(N)=O)sc4c3)cnc21.Cc1ncsc1-c1ccc(CNC=O)cc1. The topological polar surface area (TPSA) is 213 Å². The molecule has 1 aliphatic carbocycles. The fraction of sp³-hybridized carbons (Fsp3) is 0.536. The van der Waals surface area contributed by atoms with Crippen LogP contribution < -0.4 is 26.2 Å². The van der Waals surface area contributed by atoms with Gasteiger partial charge in [0.15, 0.2) is 10.9 Å². The van der Waals surface area contributed by atoms with E-state index in [-0.39, 0.29) is 41.4 Å². The smallest absolute Gasteiger partial charge is 0.414 e. The van der Waals surface area contributed by atoms with Crippen molar-refractivity contribution in [2.75, 3.05) is 48.3 Å². The van der Waals surface area contributed by atoms with Crippen LogP contribution in [0.5, 0.6) is 0 Å². The third-order valence-corrected chi connectivity index (χ3v) is 15.2. The molecule has 400 valence electrons. The lowest BCUT2D eigenvalue weighted by Gasteiger charge is -2.35. The van der Waals surface area contributed by atoms with Crippen molar-refractivity contribution < 1.29 is 33.8 Å². The summed E-state index contributed by atoms with van der Waals surface area (Å²) in [5.74, 6) is 0.710. The number of primary amides is 1. The summed E-state index contributed by atoms with van der Waals surface area (Å²) < 4.78 is 6.89. The number of thiazole rings is 2. The summed E-state index contributed by atoms with van der Waals surface area (Å²) in [5, 5.41) is 15.5. The van der Waals surface area contributed by atoms with Crippen LogP contribution in [0.15, 0.2) is 60.2 Å². The molecular formula is C56H77N9O7S2. The molecule has 3 aliphatic rings. The number of fused-ring (bicyclic) bond motifs is 2. The molecule has 2 aliphatic heterocycles. The quantitative estimate of drug-likeness (QED) is 0.0451. The van der Waals surface area contributed by atoms with Gasteiger partial charge < -0.3 is 36.0 Å². The Morgan fingerprint density at radius 3 is 2.18 bits per heavy atom. The van der Waals surface area contributed by atoms with Gasteiger partial charge in [-0.15, -0.1) is 11.3 Å². The number of aliphatic hydroxyl groups is 1. The van der Waals surface area contributed by atoms with Crippen LogP contribution >= 0.6 is 22.7 Å². The molecule has 1 saturated carbocycles. The molecule has 5 heterocycles. The first-order valence-electron chi connectivity index (χ1n) is 26.4. The Kier molecular flexibility index (Phi) is 22.2. The number of likely N-dealkylation sites (tertiary alicyclic amines) is 1. The van der Waals surface area contributed by atoms with Crippen LogP contribution in [0.4, 0.5) is 21.4 Å². The molecule has 0 bridgehead atoms. The van der Waals surface area contributed by atoms with E-state index in [9.17, 15) is 29.1 Å². The normalized spacial score (nSPS) is 15.6. The summed E-state index contributed by atoms with van der Waals surface area (Å²) in [6.07, 6.45) is 17.9. The van der Waals surface area contributed by atoms with Gasteiger partial charge in [0.05, 0.1) is 38.1 Å². The first kappa shape index (κ1) is 57.3. The summed E-state index contributed by atoms with van der Waals surface area (Å²) in [6, 6.07) is 16.2. The Morgan fingerprint density at radius 1 is 0.851 bits per heavy atom. The molecule has 0 radical (unpaired) electrons. The summed E-state index contributed by atoms with van der Waals surface area (Å²) in [4.78, 5) is 78.7. The average Bonchev–Trinajstić information content (AvgIpc) is 4.13. The minimum atomic E-state index is -0.302. The Bertz CT molecular complexity index is 2610. The maximum atomic E-state index is 13.2. The first-order valence-corrected chi connectivity index (χ1v) is 28.1. The number of hydrogen-bond donors (Lipinski definition) is 4. The number of likely N-dealkylation sites (N-methyl/N-ethyl adjacent to an activating group) is 1. The van der Waals surface area contributed by atoms with Gasteiger partial charge in [-0.05, 0) is 92.2 Å². The van der Waals surface area contributed by atoms with Crippen molar-refractivity contribution in [3.63, 3.8) is 0 Å². The van der Waals surface area contributed by atoms with Crippen molar-refractivity contribution in [3.8, 4) is 21.6 Å². The zero-order chi connectivity index (χ0) is 53.0. The van der Waals surface area contributed by atoms with E-state index in [1.807, 2.05) is 56.0 Å². The predicted molar refractivity (Wildman–Crippen MR) is 297 cm³/mol. The minimum absolute atomic E-state index is 0.00344. The van der Waals surface area contributed by atoms with Gasteiger partial charge in [0.2, 0.25) is 24.1 Å². The molecule has 16 nitrogen and oxygen atoms in total. The van der Waals surface area contributed by atoms with Crippen LogP contribution in [0, 0.1) is 12.3 Å². The molecule has 2 fully saturated rings. The van der Waals surface area contributed by atoms with E-state index in [0.29, 0.717) is 57.0 Å². The van der Waals surface area contributed by atoms with Crippen LogP contribution in [0.1, 0.15) is 141 Å². The van der Waals surface area contributed by atoms with E-state index in [4.69, 9.17) is 15.5 Å². The van der Waals surface area contributed by atoms with Crippen molar-refractivity contribution in [1.29, 1.82) is 0 Å². The first-order chi connectivity index (χ1) is 35.6. The number of nitrogens with two attached hydrogens (primary N) is 1. The van der Waals surface area contributed by atoms with Crippen molar-refractivity contribution in [3.05, 3.63) is 71.5 Å². The third kappa shape index (κ3) is 18.1. The molecule has 18 heteroatoms. The van der Waals surface area contributed by atoms with E-state index in [0.717, 1.165) is 134 Å². The molecule has 0 spiro atoms. The highest BCUT2D eigenvalue weighted by Gasteiger charge is 2.31. The van der Waals surface area contributed by atoms with Crippen molar-refractivity contribution in [1.82, 2.24) is 25.2 Å². The summed E-state index contributed by atoms with van der Waals surface area (Å²) in [5.41, 5.74) is 13.9. The third-order valence-electron chi connectivity index (χ3n) is 13.3. The zero-order valence-electron chi connectivity index (χ0n) is 44.0. The zero-order valence-corrected chi connectivity index (χ0v) is 45.7. The van der Waals surface area contributed by atoms with E-state index < -0.39 is 0 Å². The highest BCUT2D eigenvalue weighted by atomic mass is 32.1. The second-order valence-corrected chi connectivity index (χ2v) is 22.7. The second-order valence-electron chi connectivity index (χ2n) is 20.8. The number of rotatable bonds is 19. The van der Waals surface area contributed by atoms with Gasteiger partial charge in [0, 0.05) is 70.8 Å². The van der Waals surface area contributed by atoms with Crippen LogP contribution in [0.2, 0.25) is 0 Å². The Labute approximate surface area is 444 Å². The maximum absolute atomic E-state index is 13.2. The number of β-amino-alcohol motifs (C(OH)–C–C–N with tert-alkyl or cyclic N) is 1. The van der Waals surface area contributed by atoms with Gasteiger partial charge in [-0.2, -0.15) is 0 Å². The Morgan fingerprint density at radius 2 is 1.54 bits per heavy atom. The number of unbranched alkanes of at least 4 members (excludes halogenated alkanes) is 7. The van der Waals surface area contributed by atoms with Crippen LogP contribution in [0.25, 0.3) is 31.8 Å². The number of ether oxygens (including phenoxy) is 1. The Balaban J connectivity index is 0.000000248. The van der Waals surface area contributed by atoms with Crippen LogP contribution in [0.3, 0.4) is 0 Å².